The monoisotopic (exact) mass is 288 g/mol. The molecule has 2 aromatic carbocycles. The van der Waals surface area contributed by atoms with Gasteiger partial charge >= 0.3 is 0 Å². The lowest BCUT2D eigenvalue weighted by Gasteiger charge is -2.23. The molecule has 0 radical (unpaired) electrons. The first-order valence-corrected chi connectivity index (χ1v) is 8.03. The first-order chi connectivity index (χ1) is 9.16. The Hall–Kier alpha value is -0.920. The molecule has 2 aromatic rings. The molecule has 3 rings (SSSR count). The van der Waals surface area contributed by atoms with Crippen molar-refractivity contribution in [3.05, 3.63) is 64.2 Å². The van der Waals surface area contributed by atoms with Crippen LogP contribution in [0.25, 0.3) is 0 Å². The van der Waals surface area contributed by atoms with E-state index in [1.807, 2.05) is 17.8 Å². The van der Waals surface area contributed by atoms with Gasteiger partial charge in [-0.15, -0.1) is 11.8 Å². The third kappa shape index (κ3) is 2.42. The van der Waals surface area contributed by atoms with Crippen LogP contribution in [0.3, 0.4) is 0 Å². The molecule has 2 heteroatoms. The van der Waals surface area contributed by atoms with E-state index in [4.69, 9.17) is 11.6 Å². The Morgan fingerprint density at radius 3 is 2.68 bits per heavy atom. The zero-order valence-electron chi connectivity index (χ0n) is 11.2. The van der Waals surface area contributed by atoms with Crippen LogP contribution < -0.4 is 0 Å². The van der Waals surface area contributed by atoms with Gasteiger partial charge in [-0.25, -0.2) is 0 Å². The van der Waals surface area contributed by atoms with Gasteiger partial charge in [0.2, 0.25) is 0 Å². The minimum Gasteiger partial charge on any atom is -0.121 e. The normalized spacial score (nSPS) is 17.8. The standard InChI is InChI=1S/C17H17ClS/c1-11(2)17-14-8-7-13(18)9-12(14)10-19-16-6-4-3-5-15(16)17/h3-9,11,17H,10H2,1-2H3. The second kappa shape index (κ2) is 5.22. The largest absolute Gasteiger partial charge is 0.121 e. The summed E-state index contributed by atoms with van der Waals surface area (Å²) in [5.41, 5.74) is 4.29. The van der Waals surface area contributed by atoms with Gasteiger partial charge in [0.15, 0.2) is 0 Å². The molecule has 0 nitrogen and oxygen atoms in total. The summed E-state index contributed by atoms with van der Waals surface area (Å²) in [7, 11) is 0. The van der Waals surface area contributed by atoms with E-state index in [2.05, 4.69) is 50.2 Å². The number of fused-ring (bicyclic) bond motifs is 2. The van der Waals surface area contributed by atoms with Crippen LogP contribution >= 0.6 is 23.4 Å². The van der Waals surface area contributed by atoms with E-state index in [0.717, 1.165) is 10.8 Å². The Morgan fingerprint density at radius 1 is 1.11 bits per heavy atom. The highest BCUT2D eigenvalue weighted by Crippen LogP contribution is 2.44. The Morgan fingerprint density at radius 2 is 1.89 bits per heavy atom. The molecule has 1 aliphatic rings. The number of thioether (sulfide) groups is 1. The molecule has 1 atom stereocenters. The first kappa shape index (κ1) is 13.1. The predicted molar refractivity (Wildman–Crippen MR) is 84.1 cm³/mol. The fraction of sp³-hybridized carbons (Fsp3) is 0.294. The van der Waals surface area contributed by atoms with Gasteiger partial charge in [0.1, 0.15) is 0 Å². The highest BCUT2D eigenvalue weighted by Gasteiger charge is 2.26. The van der Waals surface area contributed by atoms with Gasteiger partial charge in [-0.2, -0.15) is 0 Å². The molecule has 19 heavy (non-hydrogen) atoms. The fourth-order valence-electron chi connectivity index (χ4n) is 2.91. The van der Waals surface area contributed by atoms with Crippen LogP contribution in [0.5, 0.6) is 0 Å². The molecule has 0 aliphatic carbocycles. The number of halogens is 1. The van der Waals surface area contributed by atoms with E-state index in [0.29, 0.717) is 11.8 Å². The first-order valence-electron chi connectivity index (χ1n) is 6.67. The Kier molecular flexibility index (Phi) is 3.60. The molecule has 0 amide bonds. The average molecular weight is 289 g/mol. The third-order valence-electron chi connectivity index (χ3n) is 3.74. The summed E-state index contributed by atoms with van der Waals surface area (Å²) in [6.45, 7) is 4.60. The minimum atomic E-state index is 0.471. The molecular formula is C17H17ClS. The number of hydrogen-bond donors (Lipinski definition) is 0. The number of hydrogen-bond acceptors (Lipinski definition) is 1. The van der Waals surface area contributed by atoms with E-state index in [9.17, 15) is 0 Å². The van der Waals surface area contributed by atoms with E-state index in [1.165, 1.54) is 21.6 Å². The highest BCUT2D eigenvalue weighted by atomic mass is 35.5. The zero-order chi connectivity index (χ0) is 13.4. The maximum Gasteiger partial charge on any atom is 0.0409 e. The molecule has 0 bridgehead atoms. The topological polar surface area (TPSA) is 0 Å². The van der Waals surface area contributed by atoms with E-state index >= 15 is 0 Å². The van der Waals surface area contributed by atoms with Gasteiger partial charge in [0.25, 0.3) is 0 Å². The zero-order valence-corrected chi connectivity index (χ0v) is 12.8. The maximum atomic E-state index is 6.16. The van der Waals surface area contributed by atoms with Gasteiger partial charge in [-0.3, -0.25) is 0 Å². The van der Waals surface area contributed by atoms with Crippen LogP contribution in [0.1, 0.15) is 36.5 Å². The van der Waals surface area contributed by atoms with Crippen molar-refractivity contribution in [3.8, 4) is 0 Å². The third-order valence-corrected chi connectivity index (χ3v) is 5.12. The summed E-state index contributed by atoms with van der Waals surface area (Å²) in [5, 5.41) is 0.841. The summed E-state index contributed by atoms with van der Waals surface area (Å²) >= 11 is 8.08. The van der Waals surface area contributed by atoms with Crippen molar-refractivity contribution in [3.63, 3.8) is 0 Å². The van der Waals surface area contributed by atoms with Crippen molar-refractivity contribution in [2.24, 2.45) is 5.92 Å². The second-order valence-electron chi connectivity index (χ2n) is 5.39. The van der Waals surface area contributed by atoms with E-state index in [1.54, 1.807) is 0 Å². The van der Waals surface area contributed by atoms with Gasteiger partial charge in [-0.1, -0.05) is 49.7 Å². The molecule has 0 N–H and O–H groups in total. The lowest BCUT2D eigenvalue weighted by molar-refractivity contribution is 0.556. The molecule has 0 saturated heterocycles. The lowest BCUT2D eigenvalue weighted by Crippen LogP contribution is -2.10. The van der Waals surface area contributed by atoms with Crippen molar-refractivity contribution >= 4 is 23.4 Å². The van der Waals surface area contributed by atoms with Crippen LogP contribution in [0.15, 0.2) is 47.4 Å². The Bertz CT molecular complexity index is 604. The van der Waals surface area contributed by atoms with Crippen LogP contribution in [0.2, 0.25) is 5.02 Å². The van der Waals surface area contributed by atoms with Crippen molar-refractivity contribution in [1.82, 2.24) is 0 Å². The quantitative estimate of drug-likeness (QED) is 0.645. The van der Waals surface area contributed by atoms with Gasteiger partial charge in [-0.05, 0) is 40.8 Å². The molecule has 0 fully saturated rings. The molecule has 98 valence electrons. The Labute approximate surface area is 124 Å². The fourth-order valence-corrected chi connectivity index (χ4v) is 4.21. The summed E-state index contributed by atoms with van der Waals surface area (Å²) in [6, 6.07) is 15.2. The summed E-state index contributed by atoms with van der Waals surface area (Å²) in [5.74, 6) is 2.06. The molecule has 1 heterocycles. The van der Waals surface area contributed by atoms with Gasteiger partial charge < -0.3 is 0 Å². The molecule has 1 unspecified atom stereocenters. The summed E-state index contributed by atoms with van der Waals surface area (Å²) < 4.78 is 0. The lowest BCUT2D eigenvalue weighted by atomic mass is 9.81. The molecule has 0 aromatic heterocycles. The summed E-state index contributed by atoms with van der Waals surface area (Å²) in [4.78, 5) is 1.41. The highest BCUT2D eigenvalue weighted by molar-refractivity contribution is 7.98. The molecule has 0 saturated carbocycles. The van der Waals surface area contributed by atoms with E-state index < -0.39 is 0 Å². The minimum absolute atomic E-state index is 0.471. The van der Waals surface area contributed by atoms with Crippen LogP contribution in [0.4, 0.5) is 0 Å². The molecular weight excluding hydrogens is 272 g/mol. The Balaban J connectivity index is 2.21. The van der Waals surface area contributed by atoms with Gasteiger partial charge in [0, 0.05) is 21.6 Å². The van der Waals surface area contributed by atoms with Crippen LogP contribution in [0, 0.1) is 5.92 Å². The maximum absolute atomic E-state index is 6.16. The predicted octanol–water partition coefficient (Wildman–Crippen LogP) is 5.73. The van der Waals surface area contributed by atoms with Crippen molar-refractivity contribution in [2.75, 3.05) is 0 Å². The summed E-state index contributed by atoms with van der Waals surface area (Å²) in [6.07, 6.45) is 0. The number of rotatable bonds is 1. The smallest absolute Gasteiger partial charge is 0.0409 e. The van der Waals surface area contributed by atoms with Crippen molar-refractivity contribution in [1.29, 1.82) is 0 Å². The average Bonchev–Trinajstić information content (AvgIpc) is 2.55. The van der Waals surface area contributed by atoms with Gasteiger partial charge in [0.05, 0.1) is 0 Å². The van der Waals surface area contributed by atoms with Crippen LogP contribution in [-0.4, -0.2) is 0 Å². The van der Waals surface area contributed by atoms with E-state index in [-0.39, 0.29) is 0 Å². The molecule has 0 spiro atoms. The molecule has 1 aliphatic heterocycles. The van der Waals surface area contributed by atoms with Crippen molar-refractivity contribution in [2.45, 2.75) is 30.4 Å². The second-order valence-corrected chi connectivity index (χ2v) is 6.84. The van der Waals surface area contributed by atoms with Crippen molar-refractivity contribution < 1.29 is 0 Å². The number of benzene rings is 2. The van der Waals surface area contributed by atoms with Crippen LogP contribution in [-0.2, 0) is 5.75 Å². The SMILES string of the molecule is CC(C)C1c2ccc(Cl)cc2CSc2ccccc21.